The molecule has 0 N–H and O–H groups in total. The lowest BCUT2D eigenvalue weighted by molar-refractivity contribution is -0.0332. The van der Waals surface area contributed by atoms with Crippen molar-refractivity contribution < 1.29 is 14.3 Å². The van der Waals surface area contributed by atoms with Crippen molar-refractivity contribution in [3.05, 3.63) is 76.4 Å². The molecule has 2 aliphatic heterocycles. The van der Waals surface area contributed by atoms with Crippen molar-refractivity contribution in [2.75, 3.05) is 19.7 Å². The van der Waals surface area contributed by atoms with E-state index in [-0.39, 0.29) is 12.1 Å². The Morgan fingerprint density at radius 3 is 2.97 bits per heavy atom. The number of nitriles is 1. The summed E-state index contributed by atoms with van der Waals surface area (Å²) in [5.41, 5.74) is 6.12. The molecule has 1 atom stereocenters. The van der Waals surface area contributed by atoms with E-state index in [1.807, 2.05) is 43.6 Å². The maximum atomic E-state index is 11.8. The van der Waals surface area contributed by atoms with Gasteiger partial charge in [-0.15, -0.1) is 0 Å². The highest BCUT2D eigenvalue weighted by molar-refractivity contribution is 5.93. The molecule has 8 heteroatoms. The molecular weight excluding hydrogens is 394 g/mol. The Morgan fingerprint density at radius 1 is 1.26 bits per heavy atom. The Morgan fingerprint density at radius 2 is 2.16 bits per heavy atom. The maximum Gasteiger partial charge on any atom is 0.338 e. The van der Waals surface area contributed by atoms with E-state index < -0.39 is 0 Å². The Bertz CT molecular complexity index is 1180. The van der Waals surface area contributed by atoms with Gasteiger partial charge < -0.3 is 9.47 Å². The van der Waals surface area contributed by atoms with Crippen LogP contribution in [0, 0.1) is 18.3 Å². The molecule has 0 bridgehead atoms. The van der Waals surface area contributed by atoms with Gasteiger partial charge in [0.1, 0.15) is 18.4 Å². The van der Waals surface area contributed by atoms with Crippen LogP contribution in [0.5, 0.6) is 0 Å². The fraction of sp³-hybridized carbons (Fsp3) is 0.304. The number of aromatic nitrogens is 3. The van der Waals surface area contributed by atoms with Gasteiger partial charge in [-0.1, -0.05) is 6.07 Å². The molecule has 5 rings (SSSR count). The van der Waals surface area contributed by atoms with Crippen LogP contribution in [0.15, 0.2) is 42.9 Å². The number of esters is 1. The number of fused-ring (bicyclic) bond motifs is 1. The maximum absolute atomic E-state index is 11.8. The number of benzene rings is 1. The molecule has 0 unspecified atom stereocenters. The highest BCUT2D eigenvalue weighted by atomic mass is 16.5. The van der Waals surface area contributed by atoms with Gasteiger partial charge in [-0.3, -0.25) is 4.90 Å². The summed E-state index contributed by atoms with van der Waals surface area (Å²) in [5, 5.41) is 13.3. The summed E-state index contributed by atoms with van der Waals surface area (Å²) in [6.07, 6.45) is 5.43. The zero-order valence-corrected chi connectivity index (χ0v) is 17.1. The van der Waals surface area contributed by atoms with Gasteiger partial charge in [0.05, 0.1) is 36.4 Å². The number of ether oxygens (including phenoxy) is 2. The third kappa shape index (κ3) is 3.69. The Labute approximate surface area is 179 Å². The molecule has 1 saturated heterocycles. The second kappa shape index (κ2) is 7.95. The molecule has 0 amide bonds. The highest BCUT2D eigenvalue weighted by Gasteiger charge is 2.29. The van der Waals surface area contributed by atoms with Gasteiger partial charge in [0.15, 0.2) is 0 Å². The van der Waals surface area contributed by atoms with E-state index in [0.717, 1.165) is 47.6 Å². The van der Waals surface area contributed by atoms with Crippen molar-refractivity contribution in [2.24, 2.45) is 0 Å². The molecule has 2 aromatic heterocycles. The second-order valence-electron chi connectivity index (χ2n) is 7.78. The average Bonchev–Trinajstić information content (AvgIpc) is 3.42. The van der Waals surface area contributed by atoms with Gasteiger partial charge in [-0.25, -0.2) is 14.5 Å². The smallest absolute Gasteiger partial charge is 0.338 e. The quantitative estimate of drug-likeness (QED) is 0.605. The van der Waals surface area contributed by atoms with Gasteiger partial charge >= 0.3 is 5.97 Å². The van der Waals surface area contributed by atoms with Crippen LogP contribution in [-0.2, 0) is 22.6 Å². The number of hydrogen-bond donors (Lipinski definition) is 0. The number of hydrogen-bond acceptors (Lipinski definition) is 7. The van der Waals surface area contributed by atoms with Crippen LogP contribution in [0.4, 0.5) is 0 Å². The summed E-state index contributed by atoms with van der Waals surface area (Å²) >= 11 is 0. The molecule has 8 nitrogen and oxygen atoms in total. The molecular formula is C23H21N5O3. The van der Waals surface area contributed by atoms with Crippen molar-refractivity contribution in [3.8, 4) is 11.8 Å². The topological polar surface area (TPSA) is 93.3 Å². The minimum atomic E-state index is -0.245. The first-order chi connectivity index (χ1) is 15.1. The van der Waals surface area contributed by atoms with Gasteiger partial charge in [-0.2, -0.15) is 10.4 Å². The van der Waals surface area contributed by atoms with Gasteiger partial charge in [-0.05, 0) is 36.2 Å². The van der Waals surface area contributed by atoms with E-state index in [9.17, 15) is 4.79 Å². The van der Waals surface area contributed by atoms with Gasteiger partial charge in [0.2, 0.25) is 0 Å². The standard InChI is InChI=1S/C23H21N5O3/c1-15-19(4-5-20-21(15)14-31-23(20)29)22-13-27(6-7-30-22)11-16-9-26-28(12-16)18-3-2-17(8-24)25-10-18/h2-5,9-10,12,22H,6-7,11,13-14H2,1H3/t22-/m0/s1. The van der Waals surface area contributed by atoms with E-state index in [0.29, 0.717) is 24.5 Å². The highest BCUT2D eigenvalue weighted by Crippen LogP contribution is 2.32. The van der Waals surface area contributed by atoms with Crippen LogP contribution in [0.2, 0.25) is 0 Å². The molecule has 0 aliphatic carbocycles. The molecule has 1 fully saturated rings. The van der Waals surface area contributed by atoms with Crippen LogP contribution >= 0.6 is 0 Å². The minimum Gasteiger partial charge on any atom is -0.457 e. The number of carbonyl (C=O) groups excluding carboxylic acids is 1. The third-order valence-electron chi connectivity index (χ3n) is 5.87. The molecule has 2 aliphatic rings. The first-order valence-corrected chi connectivity index (χ1v) is 10.2. The van der Waals surface area contributed by atoms with Crippen molar-refractivity contribution in [1.82, 2.24) is 19.7 Å². The number of pyridine rings is 1. The SMILES string of the molecule is Cc1c([C@@H]2CN(Cc3cnn(-c4ccc(C#N)nc4)c3)CCO2)ccc2c1COC2=O. The lowest BCUT2D eigenvalue weighted by atomic mass is 9.94. The van der Waals surface area contributed by atoms with Crippen LogP contribution in [0.3, 0.4) is 0 Å². The van der Waals surface area contributed by atoms with Crippen molar-refractivity contribution in [2.45, 2.75) is 26.2 Å². The predicted octanol–water partition coefficient (Wildman–Crippen LogP) is 2.69. The summed E-state index contributed by atoms with van der Waals surface area (Å²) < 4.78 is 13.0. The number of rotatable bonds is 4. The Hall–Kier alpha value is -3.54. The zero-order valence-electron chi connectivity index (χ0n) is 17.1. The number of carbonyl (C=O) groups is 1. The van der Waals surface area contributed by atoms with Crippen molar-refractivity contribution in [3.63, 3.8) is 0 Å². The first-order valence-electron chi connectivity index (χ1n) is 10.2. The fourth-order valence-corrected chi connectivity index (χ4v) is 4.18. The summed E-state index contributed by atoms with van der Waals surface area (Å²) in [6.45, 7) is 5.38. The van der Waals surface area contributed by atoms with Crippen LogP contribution in [0.1, 0.15) is 44.4 Å². The molecule has 0 spiro atoms. The van der Waals surface area contributed by atoms with E-state index >= 15 is 0 Å². The second-order valence-corrected chi connectivity index (χ2v) is 7.78. The van der Waals surface area contributed by atoms with Crippen molar-refractivity contribution in [1.29, 1.82) is 5.26 Å². The van der Waals surface area contributed by atoms with E-state index in [1.54, 1.807) is 16.9 Å². The van der Waals surface area contributed by atoms with E-state index in [4.69, 9.17) is 14.7 Å². The molecule has 31 heavy (non-hydrogen) atoms. The largest absolute Gasteiger partial charge is 0.457 e. The molecule has 3 aromatic rings. The van der Waals surface area contributed by atoms with Gasteiger partial charge in [0, 0.05) is 37.0 Å². The lowest BCUT2D eigenvalue weighted by Gasteiger charge is -2.33. The number of cyclic esters (lactones) is 1. The predicted molar refractivity (Wildman–Crippen MR) is 110 cm³/mol. The lowest BCUT2D eigenvalue weighted by Crippen LogP contribution is -2.38. The number of nitrogens with zero attached hydrogens (tertiary/aromatic N) is 5. The first kappa shape index (κ1) is 19.4. The molecule has 1 aromatic carbocycles. The fourth-order valence-electron chi connectivity index (χ4n) is 4.18. The van der Waals surface area contributed by atoms with E-state index in [2.05, 4.69) is 15.0 Å². The average molecular weight is 415 g/mol. The van der Waals surface area contributed by atoms with E-state index in [1.165, 1.54) is 0 Å². The summed E-state index contributed by atoms with van der Waals surface area (Å²) in [7, 11) is 0. The number of morpholine rings is 1. The van der Waals surface area contributed by atoms with Crippen LogP contribution < -0.4 is 0 Å². The summed E-state index contributed by atoms with van der Waals surface area (Å²) in [4.78, 5) is 18.3. The van der Waals surface area contributed by atoms with Gasteiger partial charge in [0.25, 0.3) is 0 Å². The normalized spacial score (nSPS) is 18.5. The Kier molecular flexibility index (Phi) is 4.98. The van der Waals surface area contributed by atoms with Crippen molar-refractivity contribution >= 4 is 5.97 Å². The molecule has 0 radical (unpaired) electrons. The minimum absolute atomic E-state index is 0.0486. The Balaban J connectivity index is 1.29. The summed E-state index contributed by atoms with van der Waals surface area (Å²) in [6, 6.07) is 9.38. The molecule has 4 heterocycles. The molecule has 156 valence electrons. The van der Waals surface area contributed by atoms with Crippen LogP contribution in [0.25, 0.3) is 5.69 Å². The summed E-state index contributed by atoms with van der Waals surface area (Å²) in [5.74, 6) is -0.245. The van der Waals surface area contributed by atoms with Crippen LogP contribution in [-0.4, -0.2) is 45.3 Å². The molecule has 0 saturated carbocycles. The third-order valence-corrected chi connectivity index (χ3v) is 5.87. The zero-order chi connectivity index (χ0) is 21.4. The monoisotopic (exact) mass is 415 g/mol.